The maximum atomic E-state index is 12.5. The van der Waals surface area contributed by atoms with Crippen LogP contribution in [0.15, 0.2) is 0 Å². The number of amides is 3. The summed E-state index contributed by atoms with van der Waals surface area (Å²) in [5.74, 6) is -4.97. The molecular formula is C15H14I3N3O8. The van der Waals surface area contributed by atoms with Gasteiger partial charge in [0, 0.05) is 3.57 Å². The molecule has 11 nitrogen and oxygen atoms in total. The quantitative estimate of drug-likeness (QED) is 0.208. The Balaban J connectivity index is 3.61. The summed E-state index contributed by atoms with van der Waals surface area (Å²) >= 11 is 5.22. The fraction of sp³-hybridized carbons (Fsp3) is 0.267. The number of rotatable bonds is 8. The monoisotopic (exact) mass is 745 g/mol. The van der Waals surface area contributed by atoms with Crippen LogP contribution < -0.4 is 16.0 Å². The summed E-state index contributed by atoms with van der Waals surface area (Å²) in [4.78, 5) is 58.5. The Bertz CT molecular complexity index is 831. The van der Waals surface area contributed by atoms with Gasteiger partial charge in [0.05, 0.1) is 24.0 Å². The van der Waals surface area contributed by atoms with Gasteiger partial charge in [-0.25, -0.2) is 0 Å². The normalized spacial score (nSPS) is 11.3. The molecule has 1 unspecified atom stereocenters. The molecule has 0 aliphatic heterocycles. The lowest BCUT2D eigenvalue weighted by molar-refractivity contribution is -0.136. The van der Waals surface area contributed by atoms with E-state index in [1.54, 1.807) is 67.8 Å². The molecule has 1 rings (SSSR count). The molecule has 29 heavy (non-hydrogen) atoms. The highest BCUT2D eigenvalue weighted by Gasteiger charge is 2.29. The number of hydrogen-bond donors (Lipinski definition) is 6. The number of carbonyl (C=O) groups excluding carboxylic acids is 3. The van der Waals surface area contributed by atoms with Crippen molar-refractivity contribution in [3.05, 3.63) is 21.8 Å². The van der Waals surface area contributed by atoms with Crippen LogP contribution in [0.5, 0.6) is 0 Å². The van der Waals surface area contributed by atoms with Crippen molar-refractivity contribution >= 4 is 103 Å². The number of benzene rings is 1. The summed E-state index contributed by atoms with van der Waals surface area (Å²) in [6, 6.07) is 0. The summed E-state index contributed by atoms with van der Waals surface area (Å²) in [7, 11) is 0. The third kappa shape index (κ3) is 6.88. The zero-order valence-electron chi connectivity index (χ0n) is 14.5. The molecule has 0 aliphatic rings. The zero-order chi connectivity index (χ0) is 22.5. The molecule has 0 spiro atoms. The first-order chi connectivity index (χ1) is 13.4. The molecule has 14 heteroatoms. The second-order valence-corrected chi connectivity index (χ2v) is 8.62. The van der Waals surface area contributed by atoms with Gasteiger partial charge in [0.1, 0.15) is 19.2 Å². The lowest BCUT2D eigenvalue weighted by atomic mass is 10.1. The van der Waals surface area contributed by atoms with Crippen molar-refractivity contribution in [1.29, 1.82) is 0 Å². The van der Waals surface area contributed by atoms with E-state index in [2.05, 4.69) is 16.0 Å². The van der Waals surface area contributed by atoms with Crippen molar-refractivity contribution in [3.63, 3.8) is 0 Å². The number of aliphatic carboxylic acids is 2. The van der Waals surface area contributed by atoms with Crippen molar-refractivity contribution in [2.75, 3.05) is 18.4 Å². The second-order valence-electron chi connectivity index (χ2n) is 5.39. The topological polar surface area (TPSA) is 182 Å². The minimum atomic E-state index is -1.38. The van der Waals surface area contributed by atoms with Gasteiger partial charge in [0.15, 0.2) is 0 Å². The SMILES string of the molecule is CC(O)C(=O)Nc1c(I)c(C(=O)NCC(=O)O)c(I)c(C(=O)NCC(=O)O)c1I. The van der Waals surface area contributed by atoms with Crippen molar-refractivity contribution in [2.24, 2.45) is 0 Å². The third-order valence-corrected chi connectivity index (χ3v) is 6.44. The molecule has 0 heterocycles. The maximum absolute atomic E-state index is 12.5. The van der Waals surface area contributed by atoms with Gasteiger partial charge in [-0.1, -0.05) is 0 Å². The van der Waals surface area contributed by atoms with Gasteiger partial charge < -0.3 is 31.3 Å². The van der Waals surface area contributed by atoms with Gasteiger partial charge in [-0.3, -0.25) is 24.0 Å². The molecule has 3 amide bonds. The Labute approximate surface area is 204 Å². The summed E-state index contributed by atoms with van der Waals surface area (Å²) in [6.07, 6.45) is -1.38. The van der Waals surface area contributed by atoms with E-state index in [0.717, 1.165) is 0 Å². The summed E-state index contributed by atoms with van der Waals surface area (Å²) in [6.45, 7) is -0.123. The average Bonchev–Trinajstić information content (AvgIpc) is 2.61. The maximum Gasteiger partial charge on any atom is 0.322 e. The van der Waals surface area contributed by atoms with E-state index in [1.165, 1.54) is 6.92 Å². The highest BCUT2D eigenvalue weighted by Crippen LogP contribution is 2.35. The molecule has 0 radical (unpaired) electrons. The fourth-order valence-corrected chi connectivity index (χ4v) is 6.30. The van der Waals surface area contributed by atoms with Gasteiger partial charge in [0.25, 0.3) is 17.7 Å². The van der Waals surface area contributed by atoms with E-state index >= 15 is 0 Å². The molecule has 1 aromatic rings. The van der Waals surface area contributed by atoms with E-state index in [0.29, 0.717) is 0 Å². The van der Waals surface area contributed by atoms with Crippen molar-refractivity contribution < 1.29 is 39.3 Å². The number of carboxylic acids is 2. The average molecular weight is 745 g/mol. The molecular weight excluding hydrogens is 731 g/mol. The number of carbonyl (C=O) groups is 5. The van der Waals surface area contributed by atoms with Crippen molar-refractivity contribution in [3.8, 4) is 0 Å². The molecule has 0 aromatic heterocycles. The molecule has 158 valence electrons. The largest absolute Gasteiger partial charge is 0.480 e. The van der Waals surface area contributed by atoms with Crippen molar-refractivity contribution in [2.45, 2.75) is 13.0 Å². The first-order valence-electron chi connectivity index (χ1n) is 7.57. The molecule has 0 fully saturated rings. The molecule has 0 saturated carbocycles. The molecule has 1 atom stereocenters. The molecule has 1 aromatic carbocycles. The predicted octanol–water partition coefficient (Wildman–Crippen LogP) is 0.448. The Kier molecular flexibility index (Phi) is 9.95. The lowest BCUT2D eigenvalue weighted by Gasteiger charge is -2.19. The van der Waals surface area contributed by atoms with E-state index in [4.69, 9.17) is 10.2 Å². The van der Waals surface area contributed by atoms with Crippen molar-refractivity contribution in [1.82, 2.24) is 10.6 Å². The molecule has 0 bridgehead atoms. The Morgan fingerprint density at radius 3 is 1.52 bits per heavy atom. The number of halogens is 3. The van der Waals surface area contributed by atoms with Gasteiger partial charge in [0.2, 0.25) is 0 Å². The van der Waals surface area contributed by atoms with Gasteiger partial charge in [-0.15, -0.1) is 0 Å². The smallest absolute Gasteiger partial charge is 0.322 e. The van der Waals surface area contributed by atoms with Gasteiger partial charge in [-0.05, 0) is 74.7 Å². The first kappa shape index (κ1) is 25.8. The van der Waals surface area contributed by atoms with Gasteiger partial charge in [-0.2, -0.15) is 0 Å². The number of aliphatic hydroxyl groups excluding tert-OH is 1. The summed E-state index contributed by atoms with van der Waals surface area (Å²) < 4.78 is 0.559. The van der Waals surface area contributed by atoms with E-state index < -0.39 is 48.9 Å². The van der Waals surface area contributed by atoms with Crippen LogP contribution >= 0.6 is 67.8 Å². The first-order valence-corrected chi connectivity index (χ1v) is 10.8. The van der Waals surface area contributed by atoms with Crippen LogP contribution in [0.25, 0.3) is 0 Å². The third-order valence-electron chi connectivity index (χ3n) is 3.20. The minimum absolute atomic E-state index is 0.0541. The second kappa shape index (κ2) is 11.2. The summed E-state index contributed by atoms with van der Waals surface area (Å²) in [5.41, 5.74) is -0.0954. The number of nitrogens with one attached hydrogen (secondary N) is 3. The Morgan fingerprint density at radius 1 is 0.828 bits per heavy atom. The van der Waals surface area contributed by atoms with Crippen LogP contribution in [0.4, 0.5) is 5.69 Å². The van der Waals surface area contributed by atoms with E-state index in [-0.39, 0.29) is 27.5 Å². The number of carboxylic acid groups (broad SMARTS) is 2. The fourth-order valence-electron chi connectivity index (χ4n) is 1.89. The van der Waals surface area contributed by atoms with E-state index in [1.807, 2.05) is 0 Å². The minimum Gasteiger partial charge on any atom is -0.480 e. The highest BCUT2D eigenvalue weighted by molar-refractivity contribution is 14.1. The van der Waals surface area contributed by atoms with Crippen LogP contribution in [0.2, 0.25) is 0 Å². The van der Waals surface area contributed by atoms with Crippen LogP contribution in [0.1, 0.15) is 27.6 Å². The lowest BCUT2D eigenvalue weighted by Crippen LogP contribution is -2.34. The van der Waals surface area contributed by atoms with E-state index in [9.17, 15) is 29.1 Å². The Hall–Kier alpha value is -1.28. The predicted molar refractivity (Wildman–Crippen MR) is 125 cm³/mol. The highest BCUT2D eigenvalue weighted by atomic mass is 127. The Morgan fingerprint density at radius 2 is 1.21 bits per heavy atom. The van der Waals surface area contributed by atoms with Crippen LogP contribution in [-0.4, -0.2) is 64.2 Å². The molecule has 0 saturated heterocycles. The van der Waals surface area contributed by atoms with Crippen LogP contribution in [0.3, 0.4) is 0 Å². The van der Waals surface area contributed by atoms with Crippen LogP contribution in [-0.2, 0) is 14.4 Å². The standard InChI is InChI=1S/C15H14I3N3O8/c1-4(22)13(27)21-12-10(17)7(14(28)19-2-5(23)24)9(16)8(11(12)18)15(29)20-3-6(25)26/h4,22H,2-3H2,1H3,(H,19,28)(H,20,29)(H,21,27)(H,23,24)(H,25,26). The number of aliphatic hydroxyl groups is 1. The van der Waals surface area contributed by atoms with Gasteiger partial charge >= 0.3 is 11.9 Å². The molecule has 6 N–H and O–H groups in total. The zero-order valence-corrected chi connectivity index (χ0v) is 21.0. The van der Waals surface area contributed by atoms with Crippen LogP contribution in [0, 0.1) is 10.7 Å². The number of anilines is 1. The molecule has 0 aliphatic carbocycles. The number of hydrogen-bond acceptors (Lipinski definition) is 6. The summed E-state index contributed by atoms with van der Waals surface area (Å²) in [5, 5.41) is 33.8.